The maximum Gasteiger partial charge on any atom is 0.264 e. The van der Waals surface area contributed by atoms with Gasteiger partial charge in [0.2, 0.25) is 5.91 Å². The normalized spacial score (nSPS) is 20.0. The minimum absolute atomic E-state index is 0.0138. The highest BCUT2D eigenvalue weighted by Gasteiger charge is 2.34. The van der Waals surface area contributed by atoms with Crippen molar-refractivity contribution in [2.24, 2.45) is 0 Å². The SMILES string of the molecule is CC(C)OCC(=O)N1CC[C@H](c2c(C(=O)N3CCOCC3)sc3ncccc23)C1. The Morgan fingerprint density at radius 3 is 2.83 bits per heavy atom. The summed E-state index contributed by atoms with van der Waals surface area (Å²) >= 11 is 1.47. The number of aromatic nitrogens is 1. The third kappa shape index (κ3) is 4.29. The average Bonchev–Trinajstić information content (AvgIpc) is 3.36. The predicted molar refractivity (Wildman–Crippen MR) is 111 cm³/mol. The summed E-state index contributed by atoms with van der Waals surface area (Å²) in [5, 5.41) is 1.03. The van der Waals surface area contributed by atoms with Gasteiger partial charge in [0.25, 0.3) is 5.91 Å². The summed E-state index contributed by atoms with van der Waals surface area (Å²) in [6.07, 6.45) is 2.64. The van der Waals surface area contributed by atoms with E-state index >= 15 is 0 Å². The number of rotatable bonds is 5. The third-order valence-electron chi connectivity index (χ3n) is 5.49. The molecular weight excluding hydrogens is 390 g/mol. The molecule has 2 aliphatic rings. The van der Waals surface area contributed by atoms with Crippen LogP contribution in [0.1, 0.15) is 41.4 Å². The third-order valence-corrected chi connectivity index (χ3v) is 6.60. The van der Waals surface area contributed by atoms with Gasteiger partial charge in [-0.2, -0.15) is 0 Å². The van der Waals surface area contributed by atoms with E-state index in [1.165, 1.54) is 11.3 Å². The molecule has 0 aromatic carbocycles. The number of fused-ring (bicyclic) bond motifs is 1. The highest BCUT2D eigenvalue weighted by atomic mass is 32.1. The van der Waals surface area contributed by atoms with Crippen LogP contribution >= 0.6 is 11.3 Å². The zero-order valence-corrected chi connectivity index (χ0v) is 17.7. The van der Waals surface area contributed by atoms with E-state index in [2.05, 4.69) is 4.98 Å². The molecule has 7 nitrogen and oxygen atoms in total. The van der Waals surface area contributed by atoms with E-state index in [9.17, 15) is 9.59 Å². The van der Waals surface area contributed by atoms with E-state index in [0.29, 0.717) is 39.4 Å². The van der Waals surface area contributed by atoms with Crippen LogP contribution < -0.4 is 0 Å². The van der Waals surface area contributed by atoms with Crippen molar-refractivity contribution in [2.45, 2.75) is 32.3 Å². The summed E-state index contributed by atoms with van der Waals surface area (Å²) in [5.41, 5.74) is 1.05. The molecule has 2 saturated heterocycles. The van der Waals surface area contributed by atoms with Crippen LogP contribution in [-0.4, -0.2) is 78.7 Å². The van der Waals surface area contributed by atoms with Crippen LogP contribution in [-0.2, 0) is 14.3 Å². The number of carbonyl (C=O) groups is 2. The second-order valence-corrected chi connectivity index (χ2v) is 8.79. The van der Waals surface area contributed by atoms with Gasteiger partial charge in [-0.25, -0.2) is 4.98 Å². The minimum Gasteiger partial charge on any atom is -0.378 e. The Bertz CT molecular complexity index is 891. The van der Waals surface area contributed by atoms with Crippen LogP contribution in [0.2, 0.25) is 0 Å². The van der Waals surface area contributed by atoms with Gasteiger partial charge in [-0.05, 0) is 31.9 Å². The van der Waals surface area contributed by atoms with Crippen molar-refractivity contribution < 1.29 is 19.1 Å². The molecule has 4 rings (SSSR count). The minimum atomic E-state index is 0.0138. The Balaban J connectivity index is 1.59. The topological polar surface area (TPSA) is 72.0 Å². The number of hydrogen-bond acceptors (Lipinski definition) is 6. The largest absolute Gasteiger partial charge is 0.378 e. The summed E-state index contributed by atoms with van der Waals surface area (Å²) < 4.78 is 10.9. The Morgan fingerprint density at radius 1 is 1.28 bits per heavy atom. The lowest BCUT2D eigenvalue weighted by Crippen LogP contribution is -2.40. The molecule has 0 saturated carbocycles. The Kier molecular flexibility index (Phi) is 6.12. The Labute approximate surface area is 174 Å². The second-order valence-electron chi connectivity index (χ2n) is 7.79. The number of hydrogen-bond donors (Lipinski definition) is 0. The number of ether oxygens (including phenoxy) is 2. The fourth-order valence-corrected chi connectivity index (χ4v) is 5.17. The summed E-state index contributed by atoms with van der Waals surface area (Å²) in [6.45, 7) is 7.64. The molecule has 0 bridgehead atoms. The van der Waals surface area contributed by atoms with Gasteiger partial charge in [0, 0.05) is 43.7 Å². The summed E-state index contributed by atoms with van der Waals surface area (Å²) in [4.78, 5) is 35.6. The second kappa shape index (κ2) is 8.77. The summed E-state index contributed by atoms with van der Waals surface area (Å²) in [5.74, 6) is 0.204. The molecule has 2 aromatic heterocycles. The number of morpholine rings is 1. The highest BCUT2D eigenvalue weighted by Crippen LogP contribution is 2.40. The Morgan fingerprint density at radius 2 is 2.07 bits per heavy atom. The van der Waals surface area contributed by atoms with E-state index < -0.39 is 0 Å². The number of likely N-dealkylation sites (tertiary alicyclic amines) is 1. The fraction of sp³-hybridized carbons (Fsp3) is 0.571. The maximum absolute atomic E-state index is 13.3. The van der Waals surface area contributed by atoms with Gasteiger partial charge in [0.05, 0.1) is 24.2 Å². The molecule has 2 fully saturated rings. The molecule has 0 spiro atoms. The standard InChI is InChI=1S/C21H27N3O4S/c1-14(2)28-13-17(25)24-7-5-15(12-24)18-16-4-3-6-22-20(16)29-19(18)21(26)23-8-10-27-11-9-23/h3-4,6,14-15H,5,7-13H2,1-2H3/t15-/m0/s1. The molecule has 0 N–H and O–H groups in total. The van der Waals surface area contributed by atoms with Crippen LogP contribution in [0.5, 0.6) is 0 Å². The van der Waals surface area contributed by atoms with Crippen molar-refractivity contribution in [2.75, 3.05) is 46.0 Å². The van der Waals surface area contributed by atoms with Gasteiger partial charge in [0.1, 0.15) is 11.4 Å². The van der Waals surface area contributed by atoms with Gasteiger partial charge >= 0.3 is 0 Å². The van der Waals surface area contributed by atoms with E-state index in [4.69, 9.17) is 9.47 Å². The molecule has 1 atom stereocenters. The molecule has 156 valence electrons. The Hall–Kier alpha value is -2.03. The van der Waals surface area contributed by atoms with Crippen molar-refractivity contribution in [3.8, 4) is 0 Å². The van der Waals surface area contributed by atoms with Crippen LogP contribution in [0.4, 0.5) is 0 Å². The summed E-state index contributed by atoms with van der Waals surface area (Å²) in [6, 6.07) is 3.95. The van der Waals surface area contributed by atoms with E-state index in [1.54, 1.807) is 6.20 Å². The zero-order chi connectivity index (χ0) is 20.4. The van der Waals surface area contributed by atoms with Crippen molar-refractivity contribution in [3.05, 3.63) is 28.8 Å². The quantitative estimate of drug-likeness (QED) is 0.748. The average molecular weight is 418 g/mol. The molecule has 2 amide bonds. The molecule has 4 heterocycles. The maximum atomic E-state index is 13.3. The predicted octanol–water partition coefficient (Wildman–Crippen LogP) is 2.51. The molecule has 2 aromatic rings. The molecular formula is C21H27N3O4S. The molecule has 8 heteroatoms. The number of carbonyl (C=O) groups excluding carboxylic acids is 2. The lowest BCUT2D eigenvalue weighted by molar-refractivity contribution is -0.136. The monoisotopic (exact) mass is 417 g/mol. The van der Waals surface area contributed by atoms with Crippen LogP contribution in [0.25, 0.3) is 10.2 Å². The van der Waals surface area contributed by atoms with Crippen LogP contribution in [0.15, 0.2) is 18.3 Å². The number of thiophene rings is 1. The van der Waals surface area contributed by atoms with E-state index in [-0.39, 0.29) is 30.4 Å². The number of amides is 2. The molecule has 0 aliphatic carbocycles. The first-order valence-corrected chi connectivity index (χ1v) is 11.0. The van der Waals surface area contributed by atoms with E-state index in [0.717, 1.165) is 27.1 Å². The molecule has 0 unspecified atom stereocenters. The van der Waals surface area contributed by atoms with Gasteiger partial charge in [0.15, 0.2) is 0 Å². The lowest BCUT2D eigenvalue weighted by atomic mass is 9.95. The van der Waals surface area contributed by atoms with Crippen molar-refractivity contribution in [1.29, 1.82) is 0 Å². The van der Waals surface area contributed by atoms with Gasteiger partial charge in [-0.3, -0.25) is 9.59 Å². The summed E-state index contributed by atoms with van der Waals surface area (Å²) in [7, 11) is 0. The van der Waals surface area contributed by atoms with Crippen molar-refractivity contribution in [3.63, 3.8) is 0 Å². The smallest absolute Gasteiger partial charge is 0.264 e. The van der Waals surface area contributed by atoms with E-state index in [1.807, 2.05) is 35.8 Å². The first-order chi connectivity index (χ1) is 14.0. The van der Waals surface area contributed by atoms with Gasteiger partial charge < -0.3 is 19.3 Å². The van der Waals surface area contributed by atoms with Crippen LogP contribution in [0, 0.1) is 0 Å². The lowest BCUT2D eigenvalue weighted by Gasteiger charge is -2.27. The number of pyridine rings is 1. The fourth-order valence-electron chi connectivity index (χ4n) is 3.98. The molecule has 29 heavy (non-hydrogen) atoms. The zero-order valence-electron chi connectivity index (χ0n) is 16.9. The van der Waals surface area contributed by atoms with Gasteiger partial charge in [-0.15, -0.1) is 11.3 Å². The number of nitrogens with zero attached hydrogens (tertiary/aromatic N) is 3. The molecule has 2 aliphatic heterocycles. The van der Waals surface area contributed by atoms with Gasteiger partial charge in [-0.1, -0.05) is 6.07 Å². The molecule has 0 radical (unpaired) electrons. The first-order valence-electron chi connectivity index (χ1n) is 10.2. The van der Waals surface area contributed by atoms with Crippen molar-refractivity contribution in [1.82, 2.24) is 14.8 Å². The first kappa shape index (κ1) is 20.3. The highest BCUT2D eigenvalue weighted by molar-refractivity contribution is 7.20. The van der Waals surface area contributed by atoms with Crippen LogP contribution in [0.3, 0.4) is 0 Å². The van der Waals surface area contributed by atoms with Crippen molar-refractivity contribution >= 4 is 33.4 Å².